The number of anilines is 2. The molecule has 1 aliphatic heterocycles. The lowest BCUT2D eigenvalue weighted by molar-refractivity contribution is 0.0734. The number of amides is 3. The van der Waals surface area contributed by atoms with Crippen molar-refractivity contribution in [1.82, 2.24) is 9.88 Å². The number of hydrogen-bond acceptors (Lipinski definition) is 4. The van der Waals surface area contributed by atoms with Gasteiger partial charge in [0.05, 0.1) is 11.7 Å². The molecule has 7 nitrogen and oxygen atoms in total. The van der Waals surface area contributed by atoms with E-state index in [9.17, 15) is 9.59 Å². The Morgan fingerprint density at radius 1 is 1.00 bits per heavy atom. The highest BCUT2D eigenvalue weighted by molar-refractivity contribution is 6.00. The van der Waals surface area contributed by atoms with Crippen LogP contribution in [0.15, 0.2) is 66.9 Å². The first-order valence-corrected chi connectivity index (χ1v) is 10.7. The van der Waals surface area contributed by atoms with Crippen molar-refractivity contribution in [3.05, 3.63) is 83.6 Å². The molecule has 1 aromatic heterocycles. The Morgan fingerprint density at radius 2 is 1.81 bits per heavy atom. The van der Waals surface area contributed by atoms with Crippen LogP contribution in [0.25, 0.3) is 0 Å². The number of para-hydroxylation sites is 1. The van der Waals surface area contributed by atoms with Crippen LogP contribution in [0, 0.1) is 0 Å². The smallest absolute Gasteiger partial charge is 0.323 e. The highest BCUT2D eigenvalue weighted by atomic mass is 16.5. The monoisotopic (exact) mass is 430 g/mol. The van der Waals surface area contributed by atoms with Crippen molar-refractivity contribution in [1.29, 1.82) is 0 Å². The zero-order valence-corrected chi connectivity index (χ0v) is 18.2. The summed E-state index contributed by atoms with van der Waals surface area (Å²) < 4.78 is 5.55. The second-order valence-corrected chi connectivity index (χ2v) is 7.92. The number of ether oxygens (including phenoxy) is 1. The molecule has 2 heterocycles. The Balaban J connectivity index is 1.43. The molecule has 0 atom stereocenters. The lowest BCUT2D eigenvalue weighted by atomic mass is 9.97. The standard InChI is InChI=1S/C25H26N4O3/c1-17(2)32-23-12-11-18(15-26-23)24(30)29-14-13-21-19(16-29)7-6-10-22(21)28-25(31)27-20-8-4-3-5-9-20/h3-12,15,17H,13-14,16H2,1-2H3,(H2,27,28,31). The number of fused-ring (bicyclic) bond motifs is 1. The molecule has 4 rings (SSSR count). The third kappa shape index (κ3) is 5.06. The Bertz CT molecular complexity index is 1100. The number of carbonyl (C=O) groups excluding carboxylic acids is 2. The van der Waals surface area contributed by atoms with E-state index < -0.39 is 0 Å². The zero-order valence-electron chi connectivity index (χ0n) is 18.2. The van der Waals surface area contributed by atoms with E-state index in [1.807, 2.05) is 62.4 Å². The SMILES string of the molecule is CC(C)Oc1ccc(C(=O)N2CCc3c(cccc3NC(=O)Nc3ccccc3)C2)cn1. The molecule has 0 spiro atoms. The molecule has 0 fully saturated rings. The van der Waals surface area contributed by atoms with Crippen molar-refractivity contribution in [2.45, 2.75) is 32.9 Å². The van der Waals surface area contributed by atoms with Gasteiger partial charge in [-0.3, -0.25) is 4.79 Å². The van der Waals surface area contributed by atoms with E-state index in [0.29, 0.717) is 31.0 Å². The van der Waals surface area contributed by atoms with Crippen LogP contribution in [0.5, 0.6) is 5.88 Å². The summed E-state index contributed by atoms with van der Waals surface area (Å²) in [5.74, 6) is 0.435. The fraction of sp³-hybridized carbons (Fsp3) is 0.240. The van der Waals surface area contributed by atoms with E-state index in [2.05, 4.69) is 15.6 Å². The minimum absolute atomic E-state index is 0.0280. The Kier molecular flexibility index (Phi) is 6.35. The Hall–Kier alpha value is -3.87. The van der Waals surface area contributed by atoms with Crippen molar-refractivity contribution in [3.63, 3.8) is 0 Å². The van der Waals surface area contributed by atoms with Gasteiger partial charge in [-0.2, -0.15) is 0 Å². The van der Waals surface area contributed by atoms with Gasteiger partial charge in [0.2, 0.25) is 5.88 Å². The average Bonchev–Trinajstić information content (AvgIpc) is 2.79. The number of nitrogens with zero attached hydrogens (tertiary/aromatic N) is 2. The highest BCUT2D eigenvalue weighted by Crippen LogP contribution is 2.27. The molecule has 1 aliphatic rings. The zero-order chi connectivity index (χ0) is 22.5. The summed E-state index contributed by atoms with van der Waals surface area (Å²) in [6.45, 7) is 4.91. The van der Waals surface area contributed by atoms with Crippen molar-refractivity contribution >= 4 is 23.3 Å². The molecule has 7 heteroatoms. The molecule has 3 aromatic rings. The molecule has 0 aliphatic carbocycles. The van der Waals surface area contributed by atoms with Gasteiger partial charge < -0.3 is 20.3 Å². The summed E-state index contributed by atoms with van der Waals surface area (Å²) in [6, 6.07) is 18.2. The quantitative estimate of drug-likeness (QED) is 0.614. The van der Waals surface area contributed by atoms with Gasteiger partial charge in [0.25, 0.3) is 5.91 Å². The molecule has 0 saturated carbocycles. The van der Waals surface area contributed by atoms with E-state index in [1.165, 1.54) is 0 Å². The first-order chi connectivity index (χ1) is 15.5. The molecule has 3 amide bonds. The predicted molar refractivity (Wildman–Crippen MR) is 124 cm³/mol. The Labute approximate surface area is 187 Å². The predicted octanol–water partition coefficient (Wildman–Crippen LogP) is 4.71. The van der Waals surface area contributed by atoms with Gasteiger partial charge >= 0.3 is 6.03 Å². The molecule has 0 saturated heterocycles. The van der Waals surface area contributed by atoms with Gasteiger partial charge in [-0.05, 0) is 55.7 Å². The van der Waals surface area contributed by atoms with E-state index >= 15 is 0 Å². The number of aromatic nitrogens is 1. The molecule has 0 unspecified atom stereocenters. The summed E-state index contributed by atoms with van der Waals surface area (Å²) in [4.78, 5) is 31.4. The first-order valence-electron chi connectivity index (χ1n) is 10.7. The van der Waals surface area contributed by atoms with Crippen molar-refractivity contribution < 1.29 is 14.3 Å². The van der Waals surface area contributed by atoms with Gasteiger partial charge in [0.15, 0.2) is 0 Å². The fourth-order valence-corrected chi connectivity index (χ4v) is 3.71. The number of hydrogen-bond donors (Lipinski definition) is 2. The van der Waals surface area contributed by atoms with Crippen LogP contribution in [-0.2, 0) is 13.0 Å². The fourth-order valence-electron chi connectivity index (χ4n) is 3.71. The highest BCUT2D eigenvalue weighted by Gasteiger charge is 2.24. The maximum Gasteiger partial charge on any atom is 0.323 e. The summed E-state index contributed by atoms with van der Waals surface area (Å²) in [7, 11) is 0. The first kappa shape index (κ1) is 21.4. The van der Waals surface area contributed by atoms with Crippen LogP contribution in [0.3, 0.4) is 0 Å². The van der Waals surface area contributed by atoms with Gasteiger partial charge in [0.1, 0.15) is 0 Å². The summed E-state index contributed by atoms with van der Waals surface area (Å²) in [5.41, 5.74) is 4.10. The number of rotatable bonds is 5. The summed E-state index contributed by atoms with van der Waals surface area (Å²) in [5, 5.41) is 5.77. The minimum atomic E-state index is -0.294. The number of carbonyl (C=O) groups is 2. The summed E-state index contributed by atoms with van der Waals surface area (Å²) in [6.07, 6.45) is 2.24. The lowest BCUT2D eigenvalue weighted by Crippen LogP contribution is -2.36. The second-order valence-electron chi connectivity index (χ2n) is 7.92. The topological polar surface area (TPSA) is 83.6 Å². The van der Waals surface area contributed by atoms with E-state index in [1.54, 1.807) is 23.2 Å². The van der Waals surface area contributed by atoms with Gasteiger partial charge in [0, 0.05) is 36.7 Å². The number of benzene rings is 2. The third-order valence-corrected chi connectivity index (χ3v) is 5.17. The lowest BCUT2D eigenvalue weighted by Gasteiger charge is -2.30. The van der Waals surface area contributed by atoms with E-state index in [0.717, 1.165) is 22.5 Å². The molecular weight excluding hydrogens is 404 g/mol. The average molecular weight is 431 g/mol. The molecule has 2 N–H and O–H groups in total. The normalized spacial score (nSPS) is 12.8. The number of pyridine rings is 1. The molecule has 164 valence electrons. The summed E-state index contributed by atoms with van der Waals surface area (Å²) >= 11 is 0. The molecule has 0 bridgehead atoms. The van der Waals surface area contributed by atoms with E-state index in [-0.39, 0.29) is 18.0 Å². The molecule has 32 heavy (non-hydrogen) atoms. The largest absolute Gasteiger partial charge is 0.475 e. The maximum atomic E-state index is 13.0. The van der Waals surface area contributed by atoms with Gasteiger partial charge in [-0.15, -0.1) is 0 Å². The van der Waals surface area contributed by atoms with Crippen LogP contribution < -0.4 is 15.4 Å². The van der Waals surface area contributed by atoms with Crippen molar-refractivity contribution in [2.75, 3.05) is 17.2 Å². The minimum Gasteiger partial charge on any atom is -0.475 e. The maximum absolute atomic E-state index is 13.0. The van der Waals surface area contributed by atoms with Crippen LogP contribution in [-0.4, -0.2) is 34.5 Å². The Morgan fingerprint density at radius 3 is 2.53 bits per heavy atom. The molecule has 0 radical (unpaired) electrons. The number of urea groups is 1. The van der Waals surface area contributed by atoms with E-state index in [4.69, 9.17) is 4.74 Å². The van der Waals surface area contributed by atoms with Crippen LogP contribution >= 0.6 is 0 Å². The molecular formula is C25H26N4O3. The number of nitrogens with one attached hydrogen (secondary N) is 2. The van der Waals surface area contributed by atoms with Crippen LogP contribution in [0.4, 0.5) is 16.2 Å². The van der Waals surface area contributed by atoms with Gasteiger partial charge in [-0.25, -0.2) is 9.78 Å². The van der Waals surface area contributed by atoms with Crippen molar-refractivity contribution in [3.8, 4) is 5.88 Å². The molecule has 2 aromatic carbocycles. The van der Waals surface area contributed by atoms with Gasteiger partial charge in [-0.1, -0.05) is 30.3 Å². The van der Waals surface area contributed by atoms with Crippen LogP contribution in [0.2, 0.25) is 0 Å². The van der Waals surface area contributed by atoms with Crippen molar-refractivity contribution in [2.24, 2.45) is 0 Å². The third-order valence-electron chi connectivity index (χ3n) is 5.17. The second kappa shape index (κ2) is 9.51. The van der Waals surface area contributed by atoms with Crippen LogP contribution in [0.1, 0.15) is 35.3 Å².